The second-order valence-corrected chi connectivity index (χ2v) is 5.01. The highest BCUT2D eigenvalue weighted by Gasteiger charge is 2.21. The van der Waals surface area contributed by atoms with Crippen LogP contribution in [-0.4, -0.2) is 12.4 Å². The summed E-state index contributed by atoms with van der Waals surface area (Å²) < 4.78 is 0. The van der Waals surface area contributed by atoms with Gasteiger partial charge in [0.1, 0.15) is 12.0 Å². The van der Waals surface area contributed by atoms with Crippen molar-refractivity contribution in [3.63, 3.8) is 0 Å². The fraction of sp³-hybridized carbons (Fsp3) is 0.188. The van der Waals surface area contributed by atoms with E-state index in [9.17, 15) is 0 Å². The summed E-state index contributed by atoms with van der Waals surface area (Å²) >= 11 is 0. The van der Waals surface area contributed by atoms with Gasteiger partial charge in [0.15, 0.2) is 0 Å². The molecule has 0 radical (unpaired) electrons. The number of halogens is 1. The molecule has 0 saturated heterocycles. The number of rotatable bonds is 4. The van der Waals surface area contributed by atoms with Gasteiger partial charge < -0.3 is 11.1 Å². The Morgan fingerprint density at radius 2 is 1.91 bits per heavy atom. The molecule has 6 nitrogen and oxygen atoms in total. The molecule has 0 aromatic heterocycles. The summed E-state index contributed by atoms with van der Waals surface area (Å²) in [6.45, 7) is 0.427. The quantitative estimate of drug-likeness (QED) is 0.507. The summed E-state index contributed by atoms with van der Waals surface area (Å²) in [5.41, 5.74) is 18.6. The maximum atomic E-state index is 8.41. The summed E-state index contributed by atoms with van der Waals surface area (Å²) in [7, 11) is 0. The van der Waals surface area contributed by atoms with Crippen LogP contribution >= 0.6 is 12.4 Å². The van der Waals surface area contributed by atoms with Gasteiger partial charge in [-0.25, -0.2) is 4.99 Å². The van der Waals surface area contributed by atoms with E-state index in [0.29, 0.717) is 18.8 Å². The van der Waals surface area contributed by atoms with E-state index in [4.69, 9.17) is 11.3 Å². The molecule has 118 valence electrons. The monoisotopic (exact) mass is 328 g/mol. The van der Waals surface area contributed by atoms with Gasteiger partial charge in [-0.05, 0) is 35.2 Å². The van der Waals surface area contributed by atoms with Crippen molar-refractivity contribution in [1.29, 1.82) is 0 Å². The molecule has 1 heterocycles. The molecule has 1 unspecified atom stereocenters. The molecule has 1 aliphatic heterocycles. The van der Waals surface area contributed by atoms with E-state index in [1.807, 2.05) is 48.5 Å². The van der Waals surface area contributed by atoms with Gasteiger partial charge >= 0.3 is 0 Å². The minimum atomic E-state index is -0.225. The number of nitrogens with one attached hydrogen (secondary N) is 1. The Labute approximate surface area is 140 Å². The van der Waals surface area contributed by atoms with Crippen LogP contribution < -0.4 is 11.1 Å². The summed E-state index contributed by atoms with van der Waals surface area (Å²) in [4.78, 5) is 7.36. The third kappa shape index (κ3) is 3.56. The number of fused-ring (bicyclic) bond motifs is 1. The van der Waals surface area contributed by atoms with Crippen molar-refractivity contribution in [2.75, 3.05) is 11.9 Å². The summed E-state index contributed by atoms with van der Waals surface area (Å²) in [5, 5.41) is 7.01. The highest BCUT2D eigenvalue weighted by molar-refractivity contribution is 6.03. The molecular weight excluding hydrogens is 312 g/mol. The SMILES string of the molecule is Cl.[N-]=[N+]=NCCc1ccccc1C1N=C(N)c2ccccc2N1. The Morgan fingerprint density at radius 3 is 2.74 bits per heavy atom. The zero-order valence-corrected chi connectivity index (χ0v) is 13.2. The Bertz CT molecular complexity index is 767. The van der Waals surface area contributed by atoms with Crippen LogP contribution in [0.3, 0.4) is 0 Å². The molecule has 2 aromatic carbocycles. The number of anilines is 1. The number of nitrogens with zero attached hydrogens (tertiary/aromatic N) is 4. The molecular formula is C16H17ClN6. The fourth-order valence-corrected chi connectivity index (χ4v) is 2.61. The number of hydrogen-bond donors (Lipinski definition) is 2. The van der Waals surface area contributed by atoms with Crippen molar-refractivity contribution in [1.82, 2.24) is 0 Å². The van der Waals surface area contributed by atoms with Crippen molar-refractivity contribution >= 4 is 23.9 Å². The molecule has 3 rings (SSSR count). The molecule has 0 saturated carbocycles. The van der Waals surface area contributed by atoms with E-state index in [1.54, 1.807) is 0 Å². The lowest BCUT2D eigenvalue weighted by molar-refractivity contribution is 0.800. The molecule has 23 heavy (non-hydrogen) atoms. The van der Waals surface area contributed by atoms with Crippen molar-refractivity contribution in [2.45, 2.75) is 12.6 Å². The molecule has 2 aromatic rings. The summed E-state index contributed by atoms with van der Waals surface area (Å²) in [6, 6.07) is 15.8. The number of para-hydroxylation sites is 1. The van der Waals surface area contributed by atoms with Crippen molar-refractivity contribution in [3.05, 3.63) is 75.7 Å². The topological polar surface area (TPSA) is 99.2 Å². The maximum Gasteiger partial charge on any atom is 0.147 e. The van der Waals surface area contributed by atoms with E-state index < -0.39 is 0 Å². The van der Waals surface area contributed by atoms with Crippen LogP contribution in [0, 0.1) is 0 Å². The van der Waals surface area contributed by atoms with Crippen molar-refractivity contribution in [2.24, 2.45) is 15.8 Å². The van der Waals surface area contributed by atoms with Crippen LogP contribution in [0.25, 0.3) is 10.4 Å². The van der Waals surface area contributed by atoms with Gasteiger partial charge in [-0.15, -0.1) is 12.4 Å². The minimum absolute atomic E-state index is 0. The Kier molecular flexibility index (Phi) is 5.46. The number of benzene rings is 2. The molecule has 0 aliphatic carbocycles. The lowest BCUT2D eigenvalue weighted by Crippen LogP contribution is -2.25. The fourth-order valence-electron chi connectivity index (χ4n) is 2.61. The first-order chi connectivity index (χ1) is 10.8. The van der Waals surface area contributed by atoms with Gasteiger partial charge in [-0.2, -0.15) is 0 Å². The van der Waals surface area contributed by atoms with Crippen LogP contribution in [0.5, 0.6) is 0 Å². The number of aliphatic imine (C=N–C) groups is 1. The maximum absolute atomic E-state index is 8.41. The number of azide groups is 1. The molecule has 7 heteroatoms. The van der Waals surface area contributed by atoms with Crippen LogP contribution in [-0.2, 0) is 6.42 Å². The van der Waals surface area contributed by atoms with E-state index in [0.717, 1.165) is 22.4 Å². The lowest BCUT2D eigenvalue weighted by Gasteiger charge is -2.25. The van der Waals surface area contributed by atoms with Crippen molar-refractivity contribution in [3.8, 4) is 0 Å². The van der Waals surface area contributed by atoms with Crippen LogP contribution in [0.4, 0.5) is 5.69 Å². The molecule has 1 atom stereocenters. The van der Waals surface area contributed by atoms with E-state index in [1.165, 1.54) is 0 Å². The van der Waals surface area contributed by atoms with Gasteiger partial charge in [0, 0.05) is 22.7 Å². The lowest BCUT2D eigenvalue weighted by atomic mass is 10.0. The Balaban J connectivity index is 0.00000192. The highest BCUT2D eigenvalue weighted by Crippen LogP contribution is 2.30. The van der Waals surface area contributed by atoms with Crippen LogP contribution in [0.1, 0.15) is 22.9 Å². The number of hydrogen-bond acceptors (Lipinski definition) is 4. The van der Waals surface area contributed by atoms with Gasteiger partial charge in [-0.1, -0.05) is 41.5 Å². The summed E-state index contributed by atoms with van der Waals surface area (Å²) in [6.07, 6.45) is 0.451. The third-order valence-corrected chi connectivity index (χ3v) is 3.66. The first-order valence-corrected chi connectivity index (χ1v) is 7.07. The normalized spacial score (nSPS) is 15.3. The smallest absolute Gasteiger partial charge is 0.147 e. The van der Waals surface area contributed by atoms with Gasteiger partial charge in [-0.3, -0.25) is 0 Å². The molecule has 0 spiro atoms. The van der Waals surface area contributed by atoms with Gasteiger partial charge in [0.2, 0.25) is 0 Å². The zero-order valence-electron chi connectivity index (χ0n) is 12.4. The Hall–Kier alpha value is -2.69. The van der Waals surface area contributed by atoms with E-state index in [-0.39, 0.29) is 18.6 Å². The first kappa shape index (κ1) is 16.7. The predicted octanol–water partition coefficient (Wildman–Crippen LogP) is 3.79. The minimum Gasteiger partial charge on any atom is -0.383 e. The number of amidine groups is 1. The first-order valence-electron chi connectivity index (χ1n) is 7.07. The highest BCUT2D eigenvalue weighted by atomic mass is 35.5. The van der Waals surface area contributed by atoms with Gasteiger partial charge in [0.05, 0.1) is 0 Å². The van der Waals surface area contributed by atoms with E-state index >= 15 is 0 Å². The number of nitrogens with two attached hydrogens (primary N) is 1. The zero-order chi connectivity index (χ0) is 15.4. The van der Waals surface area contributed by atoms with Crippen LogP contribution in [0.2, 0.25) is 0 Å². The average molecular weight is 329 g/mol. The van der Waals surface area contributed by atoms with Gasteiger partial charge in [0.25, 0.3) is 0 Å². The van der Waals surface area contributed by atoms with Crippen molar-refractivity contribution < 1.29 is 0 Å². The van der Waals surface area contributed by atoms with E-state index in [2.05, 4.69) is 20.3 Å². The predicted molar refractivity (Wildman–Crippen MR) is 94.9 cm³/mol. The largest absolute Gasteiger partial charge is 0.383 e. The molecule has 1 aliphatic rings. The average Bonchev–Trinajstić information content (AvgIpc) is 2.55. The molecule has 0 fully saturated rings. The summed E-state index contributed by atoms with van der Waals surface area (Å²) in [5.74, 6) is 0.532. The molecule has 0 bridgehead atoms. The second-order valence-electron chi connectivity index (χ2n) is 5.01. The second kappa shape index (κ2) is 7.54. The Morgan fingerprint density at radius 1 is 1.17 bits per heavy atom. The van der Waals surface area contributed by atoms with Crippen LogP contribution in [0.15, 0.2) is 58.6 Å². The molecule has 0 amide bonds. The third-order valence-electron chi connectivity index (χ3n) is 3.66. The molecule has 3 N–H and O–H groups in total. The standard InChI is InChI=1S/C16H16N6.ClH/c17-15-13-7-3-4-8-14(13)20-16(21-15)12-6-2-1-5-11(12)9-10-19-22-18;/h1-8,16,20H,9-10H2,(H2,17,21);1H.